The molecular weight excluding hydrogens is 256 g/mol. The van der Waals surface area contributed by atoms with Crippen LogP contribution in [0.1, 0.15) is 31.9 Å². The smallest absolute Gasteiger partial charge is 0.233 e. The van der Waals surface area contributed by atoms with E-state index in [0.717, 1.165) is 6.07 Å². The Bertz CT molecular complexity index is 425. The van der Waals surface area contributed by atoms with E-state index in [1.54, 1.807) is 6.92 Å². The lowest BCUT2D eigenvalue weighted by atomic mass is 10.0. The Morgan fingerprint density at radius 1 is 1.44 bits per heavy atom. The monoisotopic (exact) mass is 273 g/mol. The van der Waals surface area contributed by atoms with Crippen molar-refractivity contribution in [3.05, 3.63) is 35.4 Å². The van der Waals surface area contributed by atoms with E-state index in [0.29, 0.717) is 12.0 Å². The summed E-state index contributed by atoms with van der Waals surface area (Å²) in [5, 5.41) is 2.58. The SMILES string of the molecule is CC[C@H](NC(=O)[C@@H](C)SC)c1ccc(F)cc1F. The Hall–Kier alpha value is -1.10. The van der Waals surface area contributed by atoms with Crippen LogP contribution >= 0.6 is 11.8 Å². The molecule has 100 valence electrons. The third kappa shape index (κ3) is 3.70. The van der Waals surface area contributed by atoms with Crippen molar-refractivity contribution in [1.29, 1.82) is 0 Å². The zero-order valence-corrected chi connectivity index (χ0v) is 11.5. The highest BCUT2D eigenvalue weighted by Gasteiger charge is 2.19. The van der Waals surface area contributed by atoms with Crippen molar-refractivity contribution in [3.8, 4) is 0 Å². The maximum atomic E-state index is 13.6. The lowest BCUT2D eigenvalue weighted by Gasteiger charge is -2.20. The van der Waals surface area contributed by atoms with Crippen molar-refractivity contribution in [1.82, 2.24) is 5.32 Å². The highest BCUT2D eigenvalue weighted by Crippen LogP contribution is 2.21. The number of amides is 1. The van der Waals surface area contributed by atoms with E-state index in [4.69, 9.17) is 0 Å². The average Bonchev–Trinajstić information content (AvgIpc) is 2.35. The number of carbonyl (C=O) groups excluding carboxylic acids is 1. The van der Waals surface area contributed by atoms with Gasteiger partial charge in [-0.15, -0.1) is 0 Å². The van der Waals surface area contributed by atoms with Gasteiger partial charge < -0.3 is 5.32 Å². The van der Waals surface area contributed by atoms with E-state index in [1.807, 2.05) is 13.2 Å². The summed E-state index contributed by atoms with van der Waals surface area (Å²) in [4.78, 5) is 11.8. The van der Waals surface area contributed by atoms with Gasteiger partial charge in [-0.05, 0) is 25.7 Å². The predicted octanol–water partition coefficient (Wildman–Crippen LogP) is 3.28. The molecule has 1 rings (SSSR count). The standard InChI is InChI=1S/C13H17F2NOS/c1-4-12(16-13(17)8(2)18-3)10-6-5-9(14)7-11(10)15/h5-8,12H,4H2,1-3H3,(H,16,17)/t8-,12+/m1/s1. The fraction of sp³-hybridized carbons (Fsp3) is 0.462. The van der Waals surface area contributed by atoms with E-state index in [-0.39, 0.29) is 11.2 Å². The van der Waals surface area contributed by atoms with E-state index < -0.39 is 17.7 Å². The van der Waals surface area contributed by atoms with Crippen LogP contribution in [0.5, 0.6) is 0 Å². The summed E-state index contributed by atoms with van der Waals surface area (Å²) in [6.45, 7) is 3.63. The van der Waals surface area contributed by atoms with Gasteiger partial charge in [0.05, 0.1) is 11.3 Å². The second-order valence-electron chi connectivity index (χ2n) is 4.01. The Morgan fingerprint density at radius 2 is 2.11 bits per heavy atom. The number of halogens is 2. The summed E-state index contributed by atoms with van der Waals surface area (Å²) in [6, 6.07) is 2.99. The van der Waals surface area contributed by atoms with Crippen LogP contribution < -0.4 is 5.32 Å². The van der Waals surface area contributed by atoms with Gasteiger partial charge in [-0.1, -0.05) is 13.0 Å². The molecule has 0 spiro atoms. The molecule has 18 heavy (non-hydrogen) atoms. The Balaban J connectivity index is 2.86. The molecule has 0 aromatic heterocycles. The first kappa shape index (κ1) is 15.0. The predicted molar refractivity (Wildman–Crippen MR) is 70.5 cm³/mol. The summed E-state index contributed by atoms with van der Waals surface area (Å²) in [5.41, 5.74) is 0.320. The molecule has 0 saturated carbocycles. The second-order valence-corrected chi connectivity index (χ2v) is 5.19. The largest absolute Gasteiger partial charge is 0.348 e. The van der Waals surface area contributed by atoms with Crippen molar-refractivity contribution in [2.45, 2.75) is 31.6 Å². The number of benzene rings is 1. The molecule has 0 saturated heterocycles. The minimum Gasteiger partial charge on any atom is -0.348 e. The molecule has 1 N–H and O–H groups in total. The number of thioether (sulfide) groups is 1. The van der Waals surface area contributed by atoms with Gasteiger partial charge in [0.25, 0.3) is 0 Å². The summed E-state index contributed by atoms with van der Waals surface area (Å²) in [6.07, 6.45) is 2.39. The third-order valence-corrected chi connectivity index (χ3v) is 3.71. The first-order valence-corrected chi connectivity index (χ1v) is 7.06. The highest BCUT2D eigenvalue weighted by atomic mass is 32.2. The molecule has 0 heterocycles. The summed E-state index contributed by atoms with van der Waals surface area (Å²) in [5.74, 6) is -1.38. The summed E-state index contributed by atoms with van der Waals surface area (Å²) < 4.78 is 26.5. The maximum Gasteiger partial charge on any atom is 0.233 e. The molecule has 0 unspecified atom stereocenters. The molecule has 2 nitrogen and oxygen atoms in total. The number of rotatable bonds is 5. The van der Waals surface area contributed by atoms with Gasteiger partial charge in [0, 0.05) is 11.6 Å². The third-order valence-electron chi connectivity index (χ3n) is 2.79. The van der Waals surface area contributed by atoms with Crippen molar-refractivity contribution in [2.75, 3.05) is 6.26 Å². The fourth-order valence-electron chi connectivity index (χ4n) is 1.58. The van der Waals surface area contributed by atoms with Crippen LogP contribution in [0.3, 0.4) is 0 Å². The molecule has 0 radical (unpaired) electrons. The normalized spacial score (nSPS) is 14.1. The second kappa shape index (κ2) is 6.73. The number of carbonyl (C=O) groups is 1. The van der Waals surface area contributed by atoms with Crippen LogP contribution in [0.4, 0.5) is 8.78 Å². The fourth-order valence-corrected chi connectivity index (χ4v) is 1.86. The molecular formula is C13H17F2NOS. The van der Waals surface area contributed by atoms with Crippen LogP contribution in [-0.2, 0) is 4.79 Å². The molecule has 5 heteroatoms. The lowest BCUT2D eigenvalue weighted by Crippen LogP contribution is -2.34. The van der Waals surface area contributed by atoms with Gasteiger partial charge in [0.15, 0.2) is 0 Å². The summed E-state index contributed by atoms with van der Waals surface area (Å²) >= 11 is 1.42. The number of hydrogen-bond acceptors (Lipinski definition) is 2. The molecule has 1 amide bonds. The van der Waals surface area contributed by atoms with E-state index in [2.05, 4.69) is 5.32 Å². The highest BCUT2D eigenvalue weighted by molar-refractivity contribution is 7.99. The van der Waals surface area contributed by atoms with Crippen LogP contribution in [0.25, 0.3) is 0 Å². The van der Waals surface area contributed by atoms with Crippen molar-refractivity contribution < 1.29 is 13.6 Å². The minimum atomic E-state index is -0.626. The van der Waals surface area contributed by atoms with Crippen molar-refractivity contribution in [2.24, 2.45) is 0 Å². The van der Waals surface area contributed by atoms with Gasteiger partial charge in [-0.2, -0.15) is 11.8 Å². The Kier molecular flexibility index (Phi) is 5.59. The van der Waals surface area contributed by atoms with Gasteiger partial charge in [0.2, 0.25) is 5.91 Å². The van der Waals surface area contributed by atoms with E-state index in [1.165, 1.54) is 23.9 Å². The zero-order valence-electron chi connectivity index (χ0n) is 10.7. The zero-order chi connectivity index (χ0) is 13.7. The average molecular weight is 273 g/mol. The van der Waals surface area contributed by atoms with Gasteiger partial charge >= 0.3 is 0 Å². The Labute approximate surface area is 110 Å². The number of hydrogen-bond donors (Lipinski definition) is 1. The lowest BCUT2D eigenvalue weighted by molar-refractivity contribution is -0.121. The van der Waals surface area contributed by atoms with E-state index >= 15 is 0 Å². The first-order chi connectivity index (χ1) is 8.49. The van der Waals surface area contributed by atoms with Gasteiger partial charge in [-0.25, -0.2) is 8.78 Å². The van der Waals surface area contributed by atoms with E-state index in [9.17, 15) is 13.6 Å². The van der Waals surface area contributed by atoms with Crippen LogP contribution in [0.15, 0.2) is 18.2 Å². The molecule has 0 aliphatic heterocycles. The molecule has 0 bridgehead atoms. The quantitative estimate of drug-likeness (QED) is 0.892. The molecule has 1 aromatic carbocycles. The molecule has 0 aliphatic rings. The van der Waals surface area contributed by atoms with Crippen molar-refractivity contribution in [3.63, 3.8) is 0 Å². The van der Waals surface area contributed by atoms with Crippen molar-refractivity contribution >= 4 is 17.7 Å². The van der Waals surface area contributed by atoms with Gasteiger partial charge in [0.1, 0.15) is 11.6 Å². The topological polar surface area (TPSA) is 29.1 Å². The molecule has 1 aromatic rings. The Morgan fingerprint density at radius 3 is 2.61 bits per heavy atom. The first-order valence-electron chi connectivity index (χ1n) is 5.77. The van der Waals surface area contributed by atoms with Crippen LogP contribution in [0, 0.1) is 11.6 Å². The molecule has 0 aliphatic carbocycles. The van der Waals surface area contributed by atoms with Crippen LogP contribution in [-0.4, -0.2) is 17.4 Å². The van der Waals surface area contributed by atoms with Gasteiger partial charge in [-0.3, -0.25) is 4.79 Å². The maximum absolute atomic E-state index is 13.6. The summed E-state index contributed by atoms with van der Waals surface area (Å²) in [7, 11) is 0. The molecule has 2 atom stereocenters. The number of nitrogens with one attached hydrogen (secondary N) is 1. The molecule has 0 fully saturated rings. The van der Waals surface area contributed by atoms with Crippen LogP contribution in [0.2, 0.25) is 0 Å². The minimum absolute atomic E-state index is 0.141.